The van der Waals surface area contributed by atoms with E-state index in [-0.39, 0.29) is 35.7 Å². The molecule has 0 saturated carbocycles. The van der Waals surface area contributed by atoms with E-state index in [4.69, 9.17) is 9.47 Å². The molecule has 0 N–H and O–H groups in total. The molecule has 8 nitrogen and oxygen atoms in total. The number of amides is 1. The van der Waals surface area contributed by atoms with E-state index in [1.165, 1.54) is 24.1 Å². The van der Waals surface area contributed by atoms with Gasteiger partial charge in [-0.1, -0.05) is 6.07 Å². The number of aryl methyl sites for hydroxylation is 1. The van der Waals surface area contributed by atoms with Crippen molar-refractivity contribution >= 4 is 5.91 Å². The molecule has 0 bridgehead atoms. The maximum absolute atomic E-state index is 13.4. The number of halogens is 3. The summed E-state index contributed by atoms with van der Waals surface area (Å²) < 4.78 is 51.3. The molecule has 1 unspecified atom stereocenters. The van der Waals surface area contributed by atoms with Gasteiger partial charge in [0.25, 0.3) is 5.91 Å². The van der Waals surface area contributed by atoms with E-state index in [2.05, 4.69) is 10.1 Å². The Balaban J connectivity index is 1.65. The van der Waals surface area contributed by atoms with Gasteiger partial charge in [-0.3, -0.25) is 4.79 Å². The Hall–Kier alpha value is -4.07. The van der Waals surface area contributed by atoms with E-state index >= 15 is 0 Å². The van der Waals surface area contributed by atoms with Crippen LogP contribution in [0.4, 0.5) is 13.2 Å². The Morgan fingerprint density at radius 3 is 2.62 bits per heavy atom. The molecule has 3 aromatic rings. The molecule has 0 fully saturated rings. The minimum atomic E-state index is -4.64. The van der Waals surface area contributed by atoms with Gasteiger partial charge >= 0.3 is 6.18 Å². The fourth-order valence-electron chi connectivity index (χ4n) is 3.65. The number of methoxy groups -OCH3 is 1. The summed E-state index contributed by atoms with van der Waals surface area (Å²) in [4.78, 5) is 19.3. The van der Waals surface area contributed by atoms with Crippen LogP contribution < -0.4 is 9.47 Å². The van der Waals surface area contributed by atoms with Crippen LogP contribution in [0.3, 0.4) is 0 Å². The van der Waals surface area contributed by atoms with Crippen LogP contribution in [0, 0.1) is 18.3 Å². The van der Waals surface area contributed by atoms with Crippen molar-refractivity contribution in [2.45, 2.75) is 39.2 Å². The van der Waals surface area contributed by atoms with Gasteiger partial charge in [0.2, 0.25) is 0 Å². The lowest BCUT2D eigenvalue weighted by Crippen LogP contribution is -2.33. The summed E-state index contributed by atoms with van der Waals surface area (Å²) in [6.07, 6.45) is -5.05. The molecule has 1 aliphatic heterocycles. The third-order valence-electron chi connectivity index (χ3n) is 5.40. The van der Waals surface area contributed by atoms with E-state index in [0.29, 0.717) is 11.5 Å². The number of carbonyl (C=O) groups excluding carboxylic acids is 1. The summed E-state index contributed by atoms with van der Waals surface area (Å²) in [5, 5.41) is 13.9. The fraction of sp³-hybridized carbons (Fsp3) is 0.304. The molecule has 0 saturated heterocycles. The summed E-state index contributed by atoms with van der Waals surface area (Å²) in [6, 6.07) is 9.85. The Kier molecular flexibility index (Phi) is 5.91. The van der Waals surface area contributed by atoms with Gasteiger partial charge in [0.05, 0.1) is 24.9 Å². The van der Waals surface area contributed by atoms with Gasteiger partial charge in [-0.25, -0.2) is 9.67 Å². The van der Waals surface area contributed by atoms with Crippen LogP contribution >= 0.6 is 0 Å². The van der Waals surface area contributed by atoms with Crippen molar-refractivity contribution in [3.05, 3.63) is 64.6 Å². The number of rotatable bonds is 5. The number of nitrogens with zero attached hydrogens (tertiary/aromatic N) is 5. The number of carbonyl (C=O) groups is 1. The van der Waals surface area contributed by atoms with Crippen molar-refractivity contribution in [1.29, 1.82) is 5.26 Å². The van der Waals surface area contributed by atoms with Gasteiger partial charge in [-0.2, -0.15) is 23.5 Å². The zero-order valence-corrected chi connectivity index (χ0v) is 18.6. The predicted molar refractivity (Wildman–Crippen MR) is 114 cm³/mol. The maximum Gasteiger partial charge on any atom is 0.425 e. The largest absolute Gasteiger partial charge is 0.494 e. The first-order chi connectivity index (χ1) is 16.1. The SMILES string of the molecule is COc1c(C#N)ccc(OC(C)C(F)(F)F)c1C(=O)N1Cc2cn(-c3cccc(C)n3)nc2C1. The number of nitriles is 1. The van der Waals surface area contributed by atoms with Crippen molar-refractivity contribution in [1.82, 2.24) is 19.7 Å². The molecule has 1 aliphatic rings. The highest BCUT2D eigenvalue weighted by atomic mass is 19.4. The fourth-order valence-corrected chi connectivity index (χ4v) is 3.65. The van der Waals surface area contributed by atoms with E-state index < -0.39 is 18.2 Å². The maximum atomic E-state index is 13.4. The average molecular weight is 471 g/mol. The molecule has 0 aliphatic carbocycles. The monoisotopic (exact) mass is 471 g/mol. The summed E-state index contributed by atoms with van der Waals surface area (Å²) in [5.41, 5.74) is 2.01. The van der Waals surface area contributed by atoms with Crippen LogP contribution in [-0.2, 0) is 13.1 Å². The lowest BCUT2D eigenvalue weighted by molar-refractivity contribution is -0.189. The zero-order chi connectivity index (χ0) is 24.6. The lowest BCUT2D eigenvalue weighted by atomic mass is 10.1. The van der Waals surface area contributed by atoms with E-state index in [1.807, 2.05) is 31.2 Å². The first-order valence-corrected chi connectivity index (χ1v) is 10.3. The standard InChI is InChI=1S/C23H20F3N5O3/c1-13-5-4-6-19(28-13)31-11-16-10-30(12-17(16)29-31)22(32)20-18(34-14(2)23(24,25)26)8-7-15(9-27)21(20)33-3/h4-8,11,14H,10,12H2,1-3H3. The number of aromatic nitrogens is 3. The van der Waals surface area contributed by atoms with Crippen molar-refractivity contribution in [2.24, 2.45) is 0 Å². The minimum Gasteiger partial charge on any atom is -0.494 e. The first kappa shape index (κ1) is 23.1. The summed E-state index contributed by atoms with van der Waals surface area (Å²) in [5.74, 6) is -0.453. The van der Waals surface area contributed by atoms with Crippen LogP contribution in [0.1, 0.15) is 39.8 Å². The van der Waals surface area contributed by atoms with Gasteiger partial charge < -0.3 is 14.4 Å². The third-order valence-corrected chi connectivity index (χ3v) is 5.40. The Morgan fingerprint density at radius 1 is 1.24 bits per heavy atom. The molecule has 176 valence electrons. The van der Waals surface area contributed by atoms with Gasteiger partial charge in [0, 0.05) is 24.0 Å². The molecular formula is C23H20F3N5O3. The number of hydrogen-bond acceptors (Lipinski definition) is 6. The van der Waals surface area contributed by atoms with Crippen LogP contribution in [-0.4, -0.2) is 45.0 Å². The second-order valence-electron chi connectivity index (χ2n) is 7.78. The number of hydrogen-bond donors (Lipinski definition) is 0. The molecule has 1 atom stereocenters. The van der Waals surface area contributed by atoms with Crippen molar-refractivity contribution in [3.63, 3.8) is 0 Å². The van der Waals surface area contributed by atoms with Gasteiger partial charge in [0.15, 0.2) is 17.7 Å². The molecule has 0 spiro atoms. The molecule has 2 aromatic heterocycles. The van der Waals surface area contributed by atoms with Crippen LogP contribution in [0.15, 0.2) is 36.5 Å². The predicted octanol–water partition coefficient (Wildman–Crippen LogP) is 3.94. The van der Waals surface area contributed by atoms with E-state index in [1.54, 1.807) is 10.9 Å². The van der Waals surface area contributed by atoms with Crippen LogP contribution in [0.25, 0.3) is 5.82 Å². The topological polar surface area (TPSA) is 93.3 Å². The Labute approximate surface area is 193 Å². The van der Waals surface area contributed by atoms with Gasteiger partial charge in [-0.15, -0.1) is 0 Å². The normalized spacial score (nSPS) is 13.9. The zero-order valence-electron chi connectivity index (χ0n) is 18.6. The number of ether oxygens (including phenoxy) is 2. The lowest BCUT2D eigenvalue weighted by Gasteiger charge is -2.23. The molecular weight excluding hydrogens is 451 g/mol. The van der Waals surface area contributed by atoms with E-state index in [9.17, 15) is 23.2 Å². The van der Waals surface area contributed by atoms with Crippen molar-refractivity contribution < 1.29 is 27.4 Å². The van der Waals surface area contributed by atoms with Gasteiger partial charge in [0.1, 0.15) is 17.4 Å². The molecule has 0 radical (unpaired) electrons. The highest BCUT2D eigenvalue weighted by Crippen LogP contribution is 2.37. The number of benzene rings is 1. The van der Waals surface area contributed by atoms with Crippen molar-refractivity contribution in [2.75, 3.05) is 7.11 Å². The minimum absolute atomic E-state index is 0.00510. The Morgan fingerprint density at radius 2 is 2.00 bits per heavy atom. The highest BCUT2D eigenvalue weighted by Gasteiger charge is 2.40. The quantitative estimate of drug-likeness (QED) is 0.560. The molecule has 4 rings (SSSR count). The molecule has 3 heterocycles. The third kappa shape index (κ3) is 4.26. The van der Waals surface area contributed by atoms with E-state index in [0.717, 1.165) is 18.2 Å². The van der Waals surface area contributed by atoms with Gasteiger partial charge in [-0.05, 0) is 38.1 Å². The average Bonchev–Trinajstić information content (AvgIpc) is 3.37. The smallest absolute Gasteiger partial charge is 0.425 e. The molecule has 34 heavy (non-hydrogen) atoms. The Bertz CT molecular complexity index is 1270. The van der Waals surface area contributed by atoms with Crippen LogP contribution in [0.5, 0.6) is 11.5 Å². The molecule has 1 amide bonds. The number of fused-ring (bicyclic) bond motifs is 1. The molecule has 1 aromatic carbocycles. The second kappa shape index (κ2) is 8.70. The first-order valence-electron chi connectivity index (χ1n) is 10.3. The van der Waals surface area contributed by atoms with Crippen LogP contribution in [0.2, 0.25) is 0 Å². The second-order valence-corrected chi connectivity index (χ2v) is 7.78. The summed E-state index contributed by atoms with van der Waals surface area (Å²) >= 11 is 0. The summed E-state index contributed by atoms with van der Waals surface area (Å²) in [6.45, 7) is 3.01. The number of pyridine rings is 1. The summed E-state index contributed by atoms with van der Waals surface area (Å²) in [7, 11) is 1.24. The molecule has 11 heteroatoms. The highest BCUT2D eigenvalue weighted by molar-refractivity contribution is 6.00. The van der Waals surface area contributed by atoms with Crippen molar-refractivity contribution in [3.8, 4) is 23.4 Å². The number of alkyl halides is 3.